The summed E-state index contributed by atoms with van der Waals surface area (Å²) >= 11 is 0. The van der Waals surface area contributed by atoms with Crippen LogP contribution in [0, 0.1) is 10.1 Å². The van der Waals surface area contributed by atoms with Crippen molar-refractivity contribution in [3.05, 3.63) is 58.6 Å². The Labute approximate surface area is 139 Å². The zero-order chi connectivity index (χ0) is 17.4. The number of nitro benzene ring substituents is 1. The quantitative estimate of drug-likeness (QED) is 0.439. The molecule has 0 unspecified atom stereocenters. The first-order valence-electron chi connectivity index (χ1n) is 7.51. The number of carbonyl (C=O) groups is 1. The number of nitrogens with one attached hydrogen (secondary N) is 2. The van der Waals surface area contributed by atoms with E-state index in [0.717, 1.165) is 17.1 Å². The molecule has 0 aliphatic rings. The summed E-state index contributed by atoms with van der Waals surface area (Å²) < 4.78 is 5.06. The number of nitrogens with zero attached hydrogens (tertiary/aromatic N) is 1. The van der Waals surface area contributed by atoms with Gasteiger partial charge in [-0.1, -0.05) is 0 Å². The first kappa shape index (κ1) is 17.3. The van der Waals surface area contributed by atoms with Gasteiger partial charge in [0.05, 0.1) is 12.0 Å². The number of benzene rings is 2. The van der Waals surface area contributed by atoms with Crippen LogP contribution < -0.4 is 15.4 Å². The largest absolute Gasteiger partial charge is 0.497 e. The van der Waals surface area contributed by atoms with E-state index >= 15 is 0 Å². The van der Waals surface area contributed by atoms with E-state index in [0.29, 0.717) is 19.4 Å². The Morgan fingerprint density at radius 2 is 1.71 bits per heavy atom. The fourth-order valence-electron chi connectivity index (χ4n) is 2.08. The molecule has 126 valence electrons. The van der Waals surface area contributed by atoms with Crippen LogP contribution in [0.25, 0.3) is 0 Å². The molecule has 0 saturated carbocycles. The van der Waals surface area contributed by atoms with E-state index in [1.807, 2.05) is 0 Å². The Morgan fingerprint density at radius 1 is 1.08 bits per heavy atom. The van der Waals surface area contributed by atoms with Gasteiger partial charge in [-0.05, 0) is 42.8 Å². The molecule has 0 bridgehead atoms. The molecule has 0 fully saturated rings. The van der Waals surface area contributed by atoms with E-state index in [-0.39, 0.29) is 11.6 Å². The van der Waals surface area contributed by atoms with Crippen LogP contribution in [0.15, 0.2) is 48.5 Å². The highest BCUT2D eigenvalue weighted by Gasteiger charge is 2.05. The van der Waals surface area contributed by atoms with Crippen LogP contribution in [-0.4, -0.2) is 24.5 Å². The van der Waals surface area contributed by atoms with E-state index in [2.05, 4.69) is 10.6 Å². The van der Waals surface area contributed by atoms with Gasteiger partial charge in [-0.3, -0.25) is 14.9 Å². The highest BCUT2D eigenvalue weighted by atomic mass is 16.6. The molecule has 7 nitrogen and oxygen atoms in total. The van der Waals surface area contributed by atoms with Gasteiger partial charge in [0, 0.05) is 36.5 Å². The normalized spacial score (nSPS) is 10.0. The summed E-state index contributed by atoms with van der Waals surface area (Å²) in [5.74, 6) is 0.672. The van der Waals surface area contributed by atoms with Crippen molar-refractivity contribution in [1.82, 2.24) is 0 Å². The number of non-ortho nitro benzene ring substituents is 1. The number of ether oxygens (including phenoxy) is 1. The molecular formula is C17H19N3O4. The van der Waals surface area contributed by atoms with Crippen LogP contribution in [0.3, 0.4) is 0 Å². The van der Waals surface area contributed by atoms with E-state index < -0.39 is 4.92 Å². The van der Waals surface area contributed by atoms with Gasteiger partial charge in [0.1, 0.15) is 5.75 Å². The Kier molecular flexibility index (Phi) is 6.13. The van der Waals surface area contributed by atoms with Crippen LogP contribution in [0.2, 0.25) is 0 Å². The van der Waals surface area contributed by atoms with Gasteiger partial charge >= 0.3 is 0 Å². The monoisotopic (exact) mass is 329 g/mol. The van der Waals surface area contributed by atoms with Crippen LogP contribution in [0.1, 0.15) is 12.8 Å². The van der Waals surface area contributed by atoms with Crippen molar-refractivity contribution in [3.63, 3.8) is 0 Å². The second kappa shape index (κ2) is 8.52. The highest BCUT2D eigenvalue weighted by molar-refractivity contribution is 5.90. The Hall–Kier alpha value is -3.09. The lowest BCUT2D eigenvalue weighted by Crippen LogP contribution is -2.13. The highest BCUT2D eigenvalue weighted by Crippen LogP contribution is 2.16. The molecule has 0 aromatic heterocycles. The lowest BCUT2D eigenvalue weighted by Gasteiger charge is -2.08. The molecule has 1 amide bonds. The van der Waals surface area contributed by atoms with Crippen molar-refractivity contribution in [2.45, 2.75) is 12.8 Å². The van der Waals surface area contributed by atoms with Gasteiger partial charge in [-0.25, -0.2) is 0 Å². The van der Waals surface area contributed by atoms with Gasteiger partial charge in [-0.2, -0.15) is 0 Å². The summed E-state index contributed by atoms with van der Waals surface area (Å²) in [6, 6.07) is 13.3. The van der Waals surface area contributed by atoms with Gasteiger partial charge in [0.25, 0.3) is 5.69 Å². The number of amides is 1. The molecule has 0 aliphatic carbocycles. The minimum absolute atomic E-state index is 0.0550. The Bertz CT molecular complexity index is 684. The second-order valence-corrected chi connectivity index (χ2v) is 5.11. The smallest absolute Gasteiger partial charge is 0.269 e. The summed E-state index contributed by atoms with van der Waals surface area (Å²) in [6.07, 6.45) is 1.03. The third-order valence-corrected chi connectivity index (χ3v) is 3.36. The summed E-state index contributed by atoms with van der Waals surface area (Å²) in [5, 5.41) is 16.5. The molecule has 2 N–H and O–H groups in total. The van der Waals surface area contributed by atoms with Crippen molar-refractivity contribution >= 4 is 23.0 Å². The molecule has 0 atom stereocenters. The number of nitro groups is 1. The molecular weight excluding hydrogens is 310 g/mol. The number of anilines is 2. The van der Waals surface area contributed by atoms with Gasteiger partial charge in [0.15, 0.2) is 0 Å². The first-order valence-corrected chi connectivity index (χ1v) is 7.51. The zero-order valence-corrected chi connectivity index (χ0v) is 13.3. The third kappa shape index (κ3) is 5.28. The standard InChI is InChI=1S/C17H19N3O4/c1-24-16-10-6-14(7-11-16)19-17(21)3-2-12-18-13-4-8-15(9-5-13)20(22)23/h4-11,18H,2-3,12H2,1H3,(H,19,21). The maximum absolute atomic E-state index is 11.9. The maximum Gasteiger partial charge on any atom is 0.269 e. The van der Waals surface area contributed by atoms with Crippen molar-refractivity contribution in [2.75, 3.05) is 24.3 Å². The van der Waals surface area contributed by atoms with Crippen molar-refractivity contribution in [1.29, 1.82) is 0 Å². The van der Waals surface area contributed by atoms with Crippen LogP contribution in [0.5, 0.6) is 5.75 Å². The lowest BCUT2D eigenvalue weighted by atomic mass is 10.2. The summed E-state index contributed by atoms with van der Waals surface area (Å²) in [4.78, 5) is 22.0. The van der Waals surface area contributed by atoms with E-state index in [4.69, 9.17) is 4.74 Å². The Balaban J connectivity index is 1.69. The topological polar surface area (TPSA) is 93.5 Å². The van der Waals surface area contributed by atoms with E-state index in [1.165, 1.54) is 12.1 Å². The predicted octanol–water partition coefficient (Wildman–Crippen LogP) is 3.43. The van der Waals surface area contributed by atoms with Crippen molar-refractivity contribution < 1.29 is 14.5 Å². The molecule has 0 spiro atoms. The molecule has 2 aromatic rings. The van der Waals surface area contributed by atoms with Crippen molar-refractivity contribution in [3.8, 4) is 5.75 Å². The van der Waals surface area contributed by atoms with E-state index in [1.54, 1.807) is 43.5 Å². The average molecular weight is 329 g/mol. The van der Waals surface area contributed by atoms with Crippen LogP contribution in [-0.2, 0) is 4.79 Å². The molecule has 7 heteroatoms. The average Bonchev–Trinajstić information content (AvgIpc) is 2.60. The lowest BCUT2D eigenvalue weighted by molar-refractivity contribution is -0.384. The molecule has 0 heterocycles. The van der Waals surface area contributed by atoms with Gasteiger partial charge in [0.2, 0.25) is 5.91 Å². The number of carbonyl (C=O) groups excluding carboxylic acids is 1. The molecule has 24 heavy (non-hydrogen) atoms. The molecule has 2 rings (SSSR count). The number of rotatable bonds is 8. The first-order chi connectivity index (χ1) is 11.6. The molecule has 0 aliphatic heterocycles. The molecule has 0 saturated heterocycles. The third-order valence-electron chi connectivity index (χ3n) is 3.36. The predicted molar refractivity (Wildman–Crippen MR) is 92.4 cm³/mol. The van der Waals surface area contributed by atoms with Crippen LogP contribution in [0.4, 0.5) is 17.1 Å². The number of methoxy groups -OCH3 is 1. The SMILES string of the molecule is COc1ccc(NC(=O)CCCNc2ccc([N+](=O)[O-])cc2)cc1. The minimum Gasteiger partial charge on any atom is -0.497 e. The number of hydrogen-bond acceptors (Lipinski definition) is 5. The second-order valence-electron chi connectivity index (χ2n) is 5.11. The fourth-order valence-corrected chi connectivity index (χ4v) is 2.08. The maximum atomic E-state index is 11.9. The van der Waals surface area contributed by atoms with Crippen LogP contribution >= 0.6 is 0 Å². The molecule has 2 aromatic carbocycles. The summed E-state index contributed by atoms with van der Waals surface area (Å²) in [5.41, 5.74) is 1.57. The van der Waals surface area contributed by atoms with Gasteiger partial charge < -0.3 is 15.4 Å². The zero-order valence-electron chi connectivity index (χ0n) is 13.3. The van der Waals surface area contributed by atoms with E-state index in [9.17, 15) is 14.9 Å². The minimum atomic E-state index is -0.437. The summed E-state index contributed by atoms with van der Waals surface area (Å²) in [7, 11) is 1.59. The number of hydrogen-bond donors (Lipinski definition) is 2. The Morgan fingerprint density at radius 3 is 2.29 bits per heavy atom. The summed E-state index contributed by atoms with van der Waals surface area (Å²) in [6.45, 7) is 0.605. The fraction of sp³-hybridized carbons (Fsp3) is 0.235. The van der Waals surface area contributed by atoms with Gasteiger partial charge in [-0.15, -0.1) is 0 Å². The van der Waals surface area contributed by atoms with Crippen molar-refractivity contribution in [2.24, 2.45) is 0 Å². The molecule has 0 radical (unpaired) electrons.